The van der Waals surface area contributed by atoms with Crippen LogP contribution in [0.1, 0.15) is 57.1 Å². The van der Waals surface area contributed by atoms with Gasteiger partial charge in [-0.15, -0.1) is 0 Å². The van der Waals surface area contributed by atoms with Gasteiger partial charge in [-0.3, -0.25) is 14.4 Å². The largest absolute Gasteiger partial charge is 0.497 e. The van der Waals surface area contributed by atoms with Crippen molar-refractivity contribution in [3.05, 3.63) is 29.8 Å². The molecule has 7 heteroatoms. The number of amides is 2. The van der Waals surface area contributed by atoms with Gasteiger partial charge in [-0.2, -0.15) is 0 Å². The zero-order chi connectivity index (χ0) is 20.8. The van der Waals surface area contributed by atoms with Crippen molar-refractivity contribution in [1.82, 2.24) is 10.2 Å². The maximum absolute atomic E-state index is 12.9. The van der Waals surface area contributed by atoms with Crippen LogP contribution < -0.4 is 10.1 Å². The lowest BCUT2D eigenvalue weighted by atomic mass is 9.84. The van der Waals surface area contributed by atoms with E-state index in [1.807, 2.05) is 24.3 Å². The first-order valence-corrected chi connectivity index (χ1v) is 10.4. The Bertz CT molecular complexity index is 729. The number of carbonyl (C=O) groups excluding carboxylic acids is 3. The summed E-state index contributed by atoms with van der Waals surface area (Å²) in [5.41, 5.74) is 0.874. The molecule has 0 radical (unpaired) electrons. The Hall–Kier alpha value is -2.57. The quantitative estimate of drug-likeness (QED) is 0.642. The van der Waals surface area contributed by atoms with Crippen molar-refractivity contribution < 1.29 is 23.9 Å². The van der Waals surface area contributed by atoms with Gasteiger partial charge in [0.15, 0.2) is 6.61 Å². The van der Waals surface area contributed by atoms with Crippen molar-refractivity contribution >= 4 is 17.8 Å². The third-order valence-electron chi connectivity index (χ3n) is 5.51. The van der Waals surface area contributed by atoms with Crippen molar-refractivity contribution in [3.8, 4) is 5.75 Å². The molecule has 0 aromatic heterocycles. The first-order chi connectivity index (χ1) is 14.0. The normalized spacial score (nSPS) is 21.6. The highest BCUT2D eigenvalue weighted by atomic mass is 16.5. The number of nitrogens with one attached hydrogen (secondary N) is 1. The Kier molecular flexibility index (Phi) is 7.12. The standard InChI is InChI=1S/C22H30N2O5/c1-3-4-13-24-20(26)12-11-18(21(24)15-5-9-17(28-2)10-6-15)22(27)29-14-19(25)23-16-7-8-16/h5-6,9-10,16,18,21H,3-4,7-8,11-14H2,1-2H3,(H,23,25)/t18-,21-/m0/s1. The highest BCUT2D eigenvalue weighted by Gasteiger charge is 2.41. The van der Waals surface area contributed by atoms with Crippen LogP contribution in [0.2, 0.25) is 0 Å². The number of esters is 1. The van der Waals surface area contributed by atoms with Gasteiger partial charge >= 0.3 is 5.97 Å². The lowest BCUT2D eigenvalue weighted by Crippen LogP contribution is -2.46. The first kappa shape index (κ1) is 21.1. The van der Waals surface area contributed by atoms with Gasteiger partial charge in [-0.05, 0) is 43.4 Å². The molecule has 1 heterocycles. The predicted molar refractivity (Wildman–Crippen MR) is 107 cm³/mol. The van der Waals surface area contributed by atoms with Crippen LogP contribution in [0.25, 0.3) is 0 Å². The zero-order valence-corrected chi connectivity index (χ0v) is 17.2. The number of benzene rings is 1. The molecule has 1 aliphatic heterocycles. The predicted octanol–water partition coefficient (Wildman–Crippen LogP) is 2.60. The molecule has 2 atom stereocenters. The fourth-order valence-corrected chi connectivity index (χ4v) is 3.75. The minimum Gasteiger partial charge on any atom is -0.497 e. The van der Waals surface area contributed by atoms with Crippen LogP contribution in [0.5, 0.6) is 5.75 Å². The molecule has 1 N–H and O–H groups in total. The molecule has 3 rings (SSSR count). The van der Waals surface area contributed by atoms with Gasteiger partial charge in [-0.1, -0.05) is 25.5 Å². The van der Waals surface area contributed by atoms with Gasteiger partial charge in [0.2, 0.25) is 5.91 Å². The van der Waals surface area contributed by atoms with E-state index >= 15 is 0 Å². The number of nitrogens with zero attached hydrogens (tertiary/aromatic N) is 1. The van der Waals surface area contributed by atoms with E-state index < -0.39 is 17.9 Å². The number of methoxy groups -OCH3 is 1. The number of hydrogen-bond donors (Lipinski definition) is 1. The highest BCUT2D eigenvalue weighted by Crippen LogP contribution is 2.38. The minimum atomic E-state index is -0.494. The average Bonchev–Trinajstić information content (AvgIpc) is 3.55. The van der Waals surface area contributed by atoms with E-state index in [0.717, 1.165) is 31.2 Å². The highest BCUT2D eigenvalue weighted by molar-refractivity contribution is 5.84. The van der Waals surface area contributed by atoms with Crippen LogP contribution in [0, 0.1) is 5.92 Å². The number of hydrogen-bond acceptors (Lipinski definition) is 5. The minimum absolute atomic E-state index is 0.0507. The molecule has 2 fully saturated rings. The molecular formula is C22H30N2O5. The van der Waals surface area contributed by atoms with Gasteiger partial charge in [0, 0.05) is 19.0 Å². The number of ether oxygens (including phenoxy) is 2. The maximum atomic E-state index is 12.9. The first-order valence-electron chi connectivity index (χ1n) is 10.4. The Balaban J connectivity index is 1.76. The Morgan fingerprint density at radius 2 is 1.90 bits per heavy atom. The third-order valence-corrected chi connectivity index (χ3v) is 5.51. The molecule has 0 bridgehead atoms. The summed E-state index contributed by atoms with van der Waals surface area (Å²) in [5, 5.41) is 2.82. The molecule has 1 aromatic carbocycles. The third kappa shape index (κ3) is 5.49. The Morgan fingerprint density at radius 1 is 1.17 bits per heavy atom. The number of carbonyl (C=O) groups is 3. The van der Waals surface area contributed by atoms with Crippen molar-refractivity contribution in [3.63, 3.8) is 0 Å². The van der Waals surface area contributed by atoms with Crippen molar-refractivity contribution in [1.29, 1.82) is 0 Å². The fourth-order valence-electron chi connectivity index (χ4n) is 3.75. The summed E-state index contributed by atoms with van der Waals surface area (Å²) in [5.74, 6) is -0.421. The topological polar surface area (TPSA) is 84.9 Å². The van der Waals surface area contributed by atoms with E-state index in [1.165, 1.54) is 0 Å². The number of likely N-dealkylation sites (tertiary alicyclic amines) is 1. The summed E-state index contributed by atoms with van der Waals surface area (Å²) in [7, 11) is 1.60. The van der Waals surface area contributed by atoms with Gasteiger partial charge < -0.3 is 19.7 Å². The second-order valence-electron chi connectivity index (χ2n) is 7.75. The van der Waals surface area contributed by atoms with Crippen molar-refractivity contribution in [2.75, 3.05) is 20.3 Å². The molecule has 1 aliphatic carbocycles. The van der Waals surface area contributed by atoms with Crippen molar-refractivity contribution in [2.45, 2.75) is 57.5 Å². The molecule has 0 unspecified atom stereocenters. The molecule has 1 saturated heterocycles. The van der Waals surface area contributed by atoms with Gasteiger partial charge in [0.25, 0.3) is 5.91 Å². The summed E-state index contributed by atoms with van der Waals surface area (Å²) in [6.07, 6.45) is 4.51. The smallest absolute Gasteiger partial charge is 0.311 e. The van der Waals surface area contributed by atoms with E-state index in [1.54, 1.807) is 12.0 Å². The van der Waals surface area contributed by atoms with Crippen LogP contribution in [0.4, 0.5) is 0 Å². The molecule has 1 aromatic rings. The van der Waals surface area contributed by atoms with Crippen LogP contribution in [0.3, 0.4) is 0 Å². The van der Waals surface area contributed by atoms with Crippen LogP contribution in [0.15, 0.2) is 24.3 Å². The number of rotatable bonds is 9. The number of unbranched alkanes of at least 4 members (excludes halogenated alkanes) is 1. The van der Waals surface area contributed by atoms with E-state index in [0.29, 0.717) is 25.1 Å². The van der Waals surface area contributed by atoms with E-state index in [-0.39, 0.29) is 24.5 Å². The van der Waals surface area contributed by atoms with E-state index in [2.05, 4.69) is 12.2 Å². The fraction of sp³-hybridized carbons (Fsp3) is 0.591. The molecule has 7 nitrogen and oxygen atoms in total. The molecule has 2 amide bonds. The molecule has 0 spiro atoms. The summed E-state index contributed by atoms with van der Waals surface area (Å²) in [4.78, 5) is 39.2. The monoisotopic (exact) mass is 402 g/mol. The molecule has 2 aliphatic rings. The second-order valence-corrected chi connectivity index (χ2v) is 7.75. The molecule has 158 valence electrons. The van der Waals surface area contributed by atoms with E-state index in [4.69, 9.17) is 9.47 Å². The van der Waals surface area contributed by atoms with Crippen LogP contribution >= 0.6 is 0 Å². The summed E-state index contributed by atoms with van der Waals surface area (Å²) >= 11 is 0. The van der Waals surface area contributed by atoms with Crippen LogP contribution in [-0.2, 0) is 19.1 Å². The molecule has 29 heavy (non-hydrogen) atoms. The SMILES string of the molecule is CCCCN1C(=O)CC[C@H](C(=O)OCC(=O)NC2CC2)[C@@H]1c1ccc(OC)cc1. The molecular weight excluding hydrogens is 372 g/mol. The number of piperidine rings is 1. The lowest BCUT2D eigenvalue weighted by Gasteiger charge is -2.40. The summed E-state index contributed by atoms with van der Waals surface area (Å²) < 4.78 is 10.6. The lowest BCUT2D eigenvalue weighted by molar-refractivity contribution is -0.160. The Morgan fingerprint density at radius 3 is 2.52 bits per heavy atom. The Labute approximate surface area is 171 Å². The molecule has 1 saturated carbocycles. The van der Waals surface area contributed by atoms with E-state index in [9.17, 15) is 14.4 Å². The maximum Gasteiger partial charge on any atom is 0.311 e. The van der Waals surface area contributed by atoms with Crippen molar-refractivity contribution in [2.24, 2.45) is 5.92 Å². The average molecular weight is 402 g/mol. The van der Waals surface area contributed by atoms with Gasteiger partial charge in [0.05, 0.1) is 19.1 Å². The van der Waals surface area contributed by atoms with Gasteiger partial charge in [-0.25, -0.2) is 0 Å². The zero-order valence-electron chi connectivity index (χ0n) is 17.2. The summed E-state index contributed by atoms with van der Waals surface area (Å²) in [6.45, 7) is 2.39. The second kappa shape index (κ2) is 9.76. The van der Waals surface area contributed by atoms with Gasteiger partial charge in [0.1, 0.15) is 5.75 Å². The summed E-state index contributed by atoms with van der Waals surface area (Å²) in [6, 6.07) is 7.27. The van der Waals surface area contributed by atoms with Crippen LogP contribution in [-0.4, -0.2) is 49.0 Å².